The fourth-order valence-corrected chi connectivity index (χ4v) is 2.39. The van der Waals surface area contributed by atoms with E-state index in [1.54, 1.807) is 0 Å². The molecule has 0 aromatic heterocycles. The van der Waals surface area contributed by atoms with Gasteiger partial charge in [0.05, 0.1) is 5.60 Å². The van der Waals surface area contributed by atoms with E-state index in [4.69, 9.17) is 9.84 Å². The Morgan fingerprint density at radius 2 is 2.29 bits per heavy atom. The van der Waals surface area contributed by atoms with Crippen LogP contribution in [0.2, 0.25) is 0 Å². The quantitative estimate of drug-likeness (QED) is 0.776. The molecule has 1 rings (SSSR count). The number of carbonyl (C=O) groups is 1. The smallest absolute Gasteiger partial charge is 0.303 e. The van der Waals surface area contributed by atoms with Crippen LogP contribution < -0.4 is 0 Å². The zero-order chi connectivity index (χ0) is 12.9. The molecule has 0 aromatic carbocycles. The zero-order valence-electron chi connectivity index (χ0n) is 11.2. The summed E-state index contributed by atoms with van der Waals surface area (Å²) in [4.78, 5) is 12.8. The van der Waals surface area contributed by atoms with E-state index in [1.165, 1.54) is 0 Å². The van der Waals surface area contributed by atoms with Crippen LogP contribution in [0.5, 0.6) is 0 Å². The lowest BCUT2D eigenvalue weighted by molar-refractivity contribution is -0.137. The topological polar surface area (TPSA) is 49.8 Å². The van der Waals surface area contributed by atoms with Gasteiger partial charge >= 0.3 is 5.97 Å². The highest BCUT2D eigenvalue weighted by Gasteiger charge is 2.33. The number of rotatable bonds is 6. The largest absolute Gasteiger partial charge is 0.481 e. The van der Waals surface area contributed by atoms with Gasteiger partial charge in [0.1, 0.15) is 0 Å². The summed E-state index contributed by atoms with van der Waals surface area (Å²) < 4.78 is 5.82. The fraction of sp³-hybridized carbons (Fsp3) is 0.923. The number of aliphatic carboxylic acids is 1. The van der Waals surface area contributed by atoms with Gasteiger partial charge in [-0.3, -0.25) is 4.79 Å². The van der Waals surface area contributed by atoms with Crippen molar-refractivity contribution in [1.82, 2.24) is 4.90 Å². The van der Waals surface area contributed by atoms with Gasteiger partial charge in [0, 0.05) is 19.1 Å². The second-order valence-electron chi connectivity index (χ2n) is 5.28. The molecule has 0 amide bonds. The minimum Gasteiger partial charge on any atom is -0.481 e. The third kappa shape index (κ3) is 4.64. The molecule has 0 spiro atoms. The Hall–Kier alpha value is -0.610. The molecule has 0 saturated carbocycles. The average Bonchev–Trinajstić information content (AvgIpc) is 2.28. The molecular weight excluding hydrogens is 218 g/mol. The molecule has 0 bridgehead atoms. The molecule has 1 N–H and O–H groups in total. The molecule has 2 unspecified atom stereocenters. The molecule has 4 heteroatoms. The Morgan fingerprint density at radius 3 is 2.88 bits per heavy atom. The molecule has 0 aromatic rings. The van der Waals surface area contributed by atoms with Crippen LogP contribution in [-0.4, -0.2) is 47.8 Å². The molecule has 1 aliphatic heterocycles. The first-order valence-corrected chi connectivity index (χ1v) is 6.53. The summed E-state index contributed by atoms with van der Waals surface area (Å²) in [5.74, 6) is -0.705. The molecule has 4 nitrogen and oxygen atoms in total. The molecular formula is C13H25NO3. The van der Waals surface area contributed by atoms with Crippen molar-refractivity contribution in [3.8, 4) is 0 Å². The summed E-state index contributed by atoms with van der Waals surface area (Å²) in [6.07, 6.45) is 4.13. The number of nitrogens with zero attached hydrogens (tertiary/aromatic N) is 1. The number of hydrogen-bond donors (Lipinski definition) is 1. The van der Waals surface area contributed by atoms with E-state index < -0.39 is 5.97 Å². The summed E-state index contributed by atoms with van der Waals surface area (Å²) >= 11 is 0. The molecule has 1 heterocycles. The Balaban J connectivity index is 2.35. The number of carboxylic acid groups (broad SMARTS) is 1. The SMILES string of the molecule is CCC1(C)CC(N(C)CCCC(=O)O)CCO1. The fourth-order valence-electron chi connectivity index (χ4n) is 2.39. The Labute approximate surface area is 104 Å². The third-order valence-electron chi connectivity index (χ3n) is 3.84. The van der Waals surface area contributed by atoms with Crippen molar-refractivity contribution in [2.24, 2.45) is 0 Å². The maximum Gasteiger partial charge on any atom is 0.303 e. The monoisotopic (exact) mass is 243 g/mol. The van der Waals surface area contributed by atoms with Gasteiger partial charge in [-0.15, -0.1) is 0 Å². The first-order valence-electron chi connectivity index (χ1n) is 6.53. The van der Waals surface area contributed by atoms with Crippen LogP contribution in [-0.2, 0) is 9.53 Å². The van der Waals surface area contributed by atoms with Crippen molar-refractivity contribution in [1.29, 1.82) is 0 Å². The Morgan fingerprint density at radius 1 is 1.59 bits per heavy atom. The van der Waals surface area contributed by atoms with Gasteiger partial charge in [-0.2, -0.15) is 0 Å². The zero-order valence-corrected chi connectivity index (χ0v) is 11.2. The minimum absolute atomic E-state index is 0.00394. The molecule has 2 atom stereocenters. The molecule has 0 aliphatic carbocycles. The Bertz CT molecular complexity index is 257. The Kier molecular flexibility index (Phi) is 5.40. The van der Waals surface area contributed by atoms with Gasteiger partial charge in [-0.05, 0) is 46.2 Å². The number of hydrogen-bond acceptors (Lipinski definition) is 3. The molecule has 1 fully saturated rings. The molecule has 0 radical (unpaired) electrons. The maximum absolute atomic E-state index is 10.5. The predicted octanol–water partition coefficient (Wildman–Crippen LogP) is 2.13. The molecule has 17 heavy (non-hydrogen) atoms. The third-order valence-corrected chi connectivity index (χ3v) is 3.84. The highest BCUT2D eigenvalue weighted by molar-refractivity contribution is 5.66. The van der Waals surface area contributed by atoms with Crippen LogP contribution in [0.1, 0.15) is 46.0 Å². The van der Waals surface area contributed by atoms with E-state index >= 15 is 0 Å². The van der Waals surface area contributed by atoms with E-state index in [0.717, 1.165) is 38.8 Å². The van der Waals surface area contributed by atoms with Gasteiger partial charge in [-0.1, -0.05) is 6.92 Å². The minimum atomic E-state index is -0.705. The normalized spacial score (nSPS) is 29.5. The van der Waals surface area contributed by atoms with Crippen molar-refractivity contribution >= 4 is 5.97 Å². The average molecular weight is 243 g/mol. The predicted molar refractivity (Wildman–Crippen MR) is 67.2 cm³/mol. The van der Waals surface area contributed by atoms with Crippen LogP contribution in [0, 0.1) is 0 Å². The van der Waals surface area contributed by atoms with Gasteiger partial charge in [0.15, 0.2) is 0 Å². The summed E-state index contributed by atoms with van der Waals surface area (Å²) in [7, 11) is 2.09. The van der Waals surface area contributed by atoms with Crippen LogP contribution >= 0.6 is 0 Å². The molecule has 100 valence electrons. The second-order valence-corrected chi connectivity index (χ2v) is 5.28. The highest BCUT2D eigenvalue weighted by atomic mass is 16.5. The van der Waals surface area contributed by atoms with Crippen molar-refractivity contribution < 1.29 is 14.6 Å². The van der Waals surface area contributed by atoms with E-state index in [-0.39, 0.29) is 12.0 Å². The van der Waals surface area contributed by atoms with Crippen LogP contribution in [0.25, 0.3) is 0 Å². The van der Waals surface area contributed by atoms with Crippen LogP contribution in [0.4, 0.5) is 0 Å². The summed E-state index contributed by atoms with van der Waals surface area (Å²) in [6, 6.07) is 0.530. The lowest BCUT2D eigenvalue weighted by Gasteiger charge is -2.41. The first-order chi connectivity index (χ1) is 7.97. The number of ether oxygens (including phenoxy) is 1. The number of carboxylic acids is 1. The van der Waals surface area contributed by atoms with E-state index in [1.807, 2.05) is 0 Å². The van der Waals surface area contributed by atoms with Crippen molar-refractivity contribution in [3.05, 3.63) is 0 Å². The second kappa shape index (κ2) is 6.36. The van der Waals surface area contributed by atoms with Gasteiger partial charge in [0.25, 0.3) is 0 Å². The van der Waals surface area contributed by atoms with Crippen LogP contribution in [0.3, 0.4) is 0 Å². The van der Waals surface area contributed by atoms with E-state index in [2.05, 4.69) is 25.8 Å². The van der Waals surface area contributed by atoms with Gasteiger partial charge in [0.2, 0.25) is 0 Å². The van der Waals surface area contributed by atoms with E-state index in [0.29, 0.717) is 6.04 Å². The lowest BCUT2D eigenvalue weighted by atomic mass is 9.89. The highest BCUT2D eigenvalue weighted by Crippen LogP contribution is 2.29. The lowest BCUT2D eigenvalue weighted by Crippen LogP contribution is -2.46. The van der Waals surface area contributed by atoms with Crippen molar-refractivity contribution in [2.45, 2.75) is 57.6 Å². The summed E-state index contributed by atoms with van der Waals surface area (Å²) in [6.45, 7) is 6.01. The van der Waals surface area contributed by atoms with E-state index in [9.17, 15) is 4.79 Å². The van der Waals surface area contributed by atoms with Crippen LogP contribution in [0.15, 0.2) is 0 Å². The first kappa shape index (κ1) is 14.5. The van der Waals surface area contributed by atoms with Gasteiger partial charge < -0.3 is 14.7 Å². The van der Waals surface area contributed by atoms with Gasteiger partial charge in [-0.25, -0.2) is 0 Å². The summed E-state index contributed by atoms with van der Waals surface area (Å²) in [5, 5.41) is 8.62. The van der Waals surface area contributed by atoms with Crippen molar-refractivity contribution in [3.63, 3.8) is 0 Å². The molecule has 1 aliphatic rings. The van der Waals surface area contributed by atoms with Crippen molar-refractivity contribution in [2.75, 3.05) is 20.2 Å². The maximum atomic E-state index is 10.5. The standard InChI is InChI=1S/C13H25NO3/c1-4-13(2)10-11(7-9-17-13)14(3)8-5-6-12(15)16/h11H,4-10H2,1-3H3,(H,15,16). The summed E-state index contributed by atoms with van der Waals surface area (Å²) in [5.41, 5.74) is 0.00394. The molecule has 1 saturated heterocycles.